The monoisotopic (exact) mass is 283 g/mol. The van der Waals surface area contributed by atoms with Crippen molar-refractivity contribution < 1.29 is 0 Å². The molecule has 112 valence electrons. The first-order valence-corrected chi connectivity index (χ1v) is 8.03. The zero-order valence-corrected chi connectivity index (χ0v) is 12.8. The summed E-state index contributed by atoms with van der Waals surface area (Å²) in [6, 6.07) is 13.0. The van der Waals surface area contributed by atoms with Crippen molar-refractivity contribution >= 4 is 0 Å². The van der Waals surface area contributed by atoms with Gasteiger partial charge < -0.3 is 5.73 Å². The van der Waals surface area contributed by atoms with Gasteiger partial charge in [0.15, 0.2) is 0 Å². The predicted molar refractivity (Wildman–Crippen MR) is 86.0 cm³/mol. The summed E-state index contributed by atoms with van der Waals surface area (Å²) in [6.07, 6.45) is 9.47. The van der Waals surface area contributed by atoms with Crippen LogP contribution in [0.15, 0.2) is 42.6 Å². The topological polar surface area (TPSA) is 43.8 Å². The molecular weight excluding hydrogens is 258 g/mol. The second-order valence-corrected chi connectivity index (χ2v) is 6.54. The molecule has 0 bridgehead atoms. The molecule has 1 saturated carbocycles. The van der Waals surface area contributed by atoms with E-state index >= 15 is 0 Å². The van der Waals surface area contributed by atoms with Gasteiger partial charge in [0.1, 0.15) is 0 Å². The van der Waals surface area contributed by atoms with Crippen LogP contribution in [-0.2, 0) is 12.0 Å². The molecule has 21 heavy (non-hydrogen) atoms. The quantitative estimate of drug-likeness (QED) is 0.927. The molecule has 1 aliphatic rings. The average molecular weight is 283 g/mol. The Morgan fingerprint density at radius 1 is 1.14 bits per heavy atom. The summed E-state index contributed by atoms with van der Waals surface area (Å²) in [7, 11) is 0. The average Bonchev–Trinajstić information content (AvgIpc) is 2.97. The van der Waals surface area contributed by atoms with Crippen LogP contribution in [0.1, 0.15) is 56.3 Å². The van der Waals surface area contributed by atoms with Gasteiger partial charge in [0.25, 0.3) is 0 Å². The van der Waals surface area contributed by atoms with Gasteiger partial charge in [0.2, 0.25) is 0 Å². The van der Waals surface area contributed by atoms with Crippen molar-refractivity contribution in [2.45, 2.75) is 57.0 Å². The molecule has 3 nitrogen and oxygen atoms in total. The molecule has 1 heterocycles. The van der Waals surface area contributed by atoms with E-state index in [1.165, 1.54) is 32.1 Å². The number of nitrogens with zero attached hydrogens (tertiary/aromatic N) is 2. The third kappa shape index (κ3) is 3.35. The fraction of sp³-hybridized carbons (Fsp3) is 0.500. The molecule has 1 aliphatic carbocycles. The van der Waals surface area contributed by atoms with E-state index in [0.29, 0.717) is 6.04 Å². The lowest BCUT2D eigenvalue weighted by Crippen LogP contribution is -2.35. The second-order valence-electron chi connectivity index (χ2n) is 6.54. The Kier molecular flexibility index (Phi) is 4.11. The number of aromatic nitrogens is 2. The predicted octanol–water partition coefficient (Wildman–Crippen LogP) is 3.80. The van der Waals surface area contributed by atoms with Crippen molar-refractivity contribution in [2.24, 2.45) is 5.73 Å². The molecule has 0 amide bonds. The van der Waals surface area contributed by atoms with Crippen LogP contribution in [0.4, 0.5) is 0 Å². The second kappa shape index (κ2) is 6.02. The smallest absolute Gasteiger partial charge is 0.0646 e. The van der Waals surface area contributed by atoms with Crippen LogP contribution in [-0.4, -0.2) is 9.78 Å². The fourth-order valence-corrected chi connectivity index (χ4v) is 3.32. The molecular formula is C18H25N3. The van der Waals surface area contributed by atoms with Crippen molar-refractivity contribution in [3.05, 3.63) is 53.9 Å². The number of benzene rings is 1. The van der Waals surface area contributed by atoms with Crippen molar-refractivity contribution in [2.75, 3.05) is 0 Å². The molecule has 0 aliphatic heterocycles. The van der Waals surface area contributed by atoms with Gasteiger partial charge in [-0.05, 0) is 31.4 Å². The summed E-state index contributed by atoms with van der Waals surface area (Å²) >= 11 is 0. The van der Waals surface area contributed by atoms with E-state index in [9.17, 15) is 0 Å². The Morgan fingerprint density at radius 3 is 2.57 bits per heavy atom. The number of nitrogens with two attached hydrogens (primary N) is 1. The van der Waals surface area contributed by atoms with Gasteiger partial charge in [-0.15, -0.1) is 0 Å². The van der Waals surface area contributed by atoms with Crippen LogP contribution < -0.4 is 5.73 Å². The van der Waals surface area contributed by atoms with Crippen LogP contribution in [0.3, 0.4) is 0 Å². The highest BCUT2D eigenvalue weighted by molar-refractivity contribution is 5.25. The highest BCUT2D eigenvalue weighted by atomic mass is 15.3. The Labute approximate surface area is 127 Å². The number of hydrogen-bond donors (Lipinski definition) is 1. The Hall–Kier alpha value is -1.61. The number of hydrogen-bond acceptors (Lipinski definition) is 2. The molecule has 1 fully saturated rings. The summed E-state index contributed by atoms with van der Waals surface area (Å²) in [5.41, 5.74) is 8.40. The Bertz CT molecular complexity index is 565. The third-order valence-electron chi connectivity index (χ3n) is 4.59. The SMILES string of the molecule is CC(N)(Cc1ccn(C2CCCCC2)n1)c1ccccc1. The first kappa shape index (κ1) is 14.3. The van der Waals surface area contributed by atoms with Gasteiger partial charge in [-0.3, -0.25) is 4.68 Å². The highest BCUT2D eigenvalue weighted by Gasteiger charge is 2.23. The lowest BCUT2D eigenvalue weighted by molar-refractivity contribution is 0.326. The van der Waals surface area contributed by atoms with Crippen LogP contribution >= 0.6 is 0 Å². The third-order valence-corrected chi connectivity index (χ3v) is 4.59. The van der Waals surface area contributed by atoms with Gasteiger partial charge in [0.05, 0.1) is 11.7 Å². The summed E-state index contributed by atoms with van der Waals surface area (Å²) in [5.74, 6) is 0. The van der Waals surface area contributed by atoms with E-state index < -0.39 is 0 Å². The maximum absolute atomic E-state index is 6.51. The largest absolute Gasteiger partial charge is 0.321 e. The van der Waals surface area contributed by atoms with Crippen molar-refractivity contribution in [3.8, 4) is 0 Å². The molecule has 1 aromatic carbocycles. The van der Waals surface area contributed by atoms with Gasteiger partial charge >= 0.3 is 0 Å². The van der Waals surface area contributed by atoms with Crippen LogP contribution in [0, 0.1) is 0 Å². The molecule has 3 rings (SSSR count). The van der Waals surface area contributed by atoms with Crippen LogP contribution in [0.5, 0.6) is 0 Å². The molecule has 2 aromatic rings. The molecule has 1 unspecified atom stereocenters. The van der Waals surface area contributed by atoms with Gasteiger partial charge in [-0.25, -0.2) is 0 Å². The Balaban J connectivity index is 1.72. The molecule has 0 spiro atoms. The minimum Gasteiger partial charge on any atom is -0.321 e. The lowest BCUT2D eigenvalue weighted by atomic mass is 9.88. The molecule has 1 aromatic heterocycles. The summed E-state index contributed by atoms with van der Waals surface area (Å²) in [6.45, 7) is 2.09. The van der Waals surface area contributed by atoms with Gasteiger partial charge in [0, 0.05) is 18.2 Å². The van der Waals surface area contributed by atoms with Gasteiger partial charge in [-0.1, -0.05) is 49.6 Å². The van der Waals surface area contributed by atoms with E-state index in [2.05, 4.69) is 36.0 Å². The van der Waals surface area contributed by atoms with Crippen molar-refractivity contribution in [3.63, 3.8) is 0 Å². The maximum Gasteiger partial charge on any atom is 0.0646 e. The minimum absolute atomic E-state index is 0.368. The molecule has 2 N–H and O–H groups in total. The summed E-state index contributed by atoms with van der Waals surface area (Å²) in [5, 5.41) is 4.78. The van der Waals surface area contributed by atoms with E-state index in [4.69, 9.17) is 10.8 Å². The number of rotatable bonds is 4. The molecule has 0 saturated heterocycles. The van der Waals surface area contributed by atoms with Crippen LogP contribution in [0.2, 0.25) is 0 Å². The zero-order valence-electron chi connectivity index (χ0n) is 12.8. The molecule has 0 radical (unpaired) electrons. The van der Waals surface area contributed by atoms with Crippen molar-refractivity contribution in [1.82, 2.24) is 9.78 Å². The fourth-order valence-electron chi connectivity index (χ4n) is 3.32. The first-order chi connectivity index (χ1) is 10.1. The van der Waals surface area contributed by atoms with E-state index in [1.807, 2.05) is 18.2 Å². The first-order valence-electron chi connectivity index (χ1n) is 8.03. The molecule has 1 atom stereocenters. The minimum atomic E-state index is -0.368. The normalized spacial score (nSPS) is 19.3. The van der Waals surface area contributed by atoms with Crippen molar-refractivity contribution in [1.29, 1.82) is 0 Å². The van der Waals surface area contributed by atoms with E-state index in [0.717, 1.165) is 17.7 Å². The summed E-state index contributed by atoms with van der Waals surface area (Å²) < 4.78 is 2.16. The highest BCUT2D eigenvalue weighted by Crippen LogP contribution is 2.28. The molecule has 3 heteroatoms. The standard InChI is InChI=1S/C18H25N3/c1-18(19,15-8-4-2-5-9-15)14-16-12-13-21(20-16)17-10-6-3-7-11-17/h2,4-5,8-9,12-13,17H,3,6-7,10-11,14,19H2,1H3. The lowest BCUT2D eigenvalue weighted by Gasteiger charge is -2.25. The van der Waals surface area contributed by atoms with Crippen LogP contribution in [0.25, 0.3) is 0 Å². The van der Waals surface area contributed by atoms with E-state index in [1.54, 1.807) is 0 Å². The summed E-state index contributed by atoms with van der Waals surface area (Å²) in [4.78, 5) is 0. The maximum atomic E-state index is 6.51. The Morgan fingerprint density at radius 2 is 1.86 bits per heavy atom. The zero-order chi connectivity index (χ0) is 14.7. The van der Waals surface area contributed by atoms with E-state index in [-0.39, 0.29) is 5.54 Å². The van der Waals surface area contributed by atoms with Gasteiger partial charge in [-0.2, -0.15) is 5.10 Å².